The highest BCUT2D eigenvalue weighted by Crippen LogP contribution is 2.37. The standard InChI is InChI=1S/2C20H23N5.C14H18BN3O2.2C11H16BrN3.C8H6BrN3.C6H14N2.C5H3BrFN/c2*21-20-18-13-15(5-6-19(18)23-14-24-20)16-7-8-22-17(12-16)4-3-11-25-9-1-2-10-25;1-13(2)14(3,4)20-15(19-13)9-5-6-11-10(7-9)12(16)18-8-17-11;2*12-10-3-4-13-11(9-10)14-5-8-15-6-1-2-7-15;9-5-1-2-7-6(3-5)8(10)12-4-11-7;7-3-6-8-4-1-2-5-8;6-4-1-2-8-5(7)3-4/h2*5-8,12-14H,1-4,9-11H2,(H2,21,23,24);5-8H,1-4H3,(H2,16,17,18);2*3-4,9H,1-2,5-8H2,(H,13,14);1-4H,(H2,10,11,12);1-7H2;1-3H. The van der Waals surface area contributed by atoms with Crippen molar-refractivity contribution in [1.29, 1.82) is 0 Å². The maximum atomic E-state index is 12.0. The number of aryl methyl sites for hydroxylation is 2. The highest BCUT2D eigenvalue weighted by molar-refractivity contribution is 9.11. The molecule has 0 bridgehead atoms. The van der Waals surface area contributed by atoms with Gasteiger partial charge >= 0.3 is 7.12 Å². The van der Waals surface area contributed by atoms with E-state index in [1.807, 2.05) is 137 Å². The molecule has 0 aliphatic carbocycles. The summed E-state index contributed by atoms with van der Waals surface area (Å²) in [5, 5.41) is 10.2. The number of nitrogens with zero attached hydrogens (tertiary/aromatic N) is 18. The highest BCUT2D eigenvalue weighted by Gasteiger charge is 2.52. The molecule has 0 spiro atoms. The number of aromatic nitrogens is 13. The van der Waals surface area contributed by atoms with Gasteiger partial charge in [0.2, 0.25) is 5.95 Å². The summed E-state index contributed by atoms with van der Waals surface area (Å²) in [6.45, 7) is 29.2. The lowest BCUT2D eigenvalue weighted by atomic mass is 9.78. The first-order valence-electron chi connectivity index (χ1n) is 44.3. The maximum absolute atomic E-state index is 12.0. The number of hydrogen-bond acceptors (Lipinski definition) is 27. The van der Waals surface area contributed by atoms with Crippen LogP contribution in [-0.2, 0) is 22.2 Å². The van der Waals surface area contributed by atoms with E-state index >= 15 is 0 Å². The average Bonchev–Trinajstić information content (AvgIpc) is 1.62. The monoisotopic (exact) mass is 1990 g/mol. The lowest BCUT2D eigenvalue weighted by Crippen LogP contribution is -2.41. The molecule has 0 amide bonds. The van der Waals surface area contributed by atoms with E-state index in [-0.39, 0.29) is 11.2 Å². The molecule has 0 atom stereocenters. The molecule has 13 aromatic rings. The average molecular weight is 1990 g/mol. The molecule has 674 valence electrons. The van der Waals surface area contributed by atoms with E-state index in [0.29, 0.717) is 27.7 Å². The lowest BCUT2D eigenvalue weighted by Gasteiger charge is -2.32. The third-order valence-electron chi connectivity index (χ3n) is 23.3. The van der Waals surface area contributed by atoms with Crippen molar-refractivity contribution in [3.05, 3.63) is 225 Å². The van der Waals surface area contributed by atoms with E-state index in [9.17, 15) is 4.39 Å². The molecule has 12 N–H and O–H groups in total. The van der Waals surface area contributed by atoms with E-state index in [4.69, 9.17) is 38.0 Å². The second-order valence-electron chi connectivity index (χ2n) is 33.2. The van der Waals surface area contributed by atoms with Gasteiger partial charge in [-0.3, -0.25) is 9.97 Å². The Labute approximate surface area is 785 Å². The quantitative estimate of drug-likeness (QED) is 0.0259. The fourth-order valence-electron chi connectivity index (χ4n) is 15.6. The molecule has 6 fully saturated rings. The van der Waals surface area contributed by atoms with Crippen molar-refractivity contribution in [2.24, 2.45) is 5.73 Å². The van der Waals surface area contributed by atoms with Gasteiger partial charge in [-0.15, -0.1) is 0 Å². The molecule has 0 unspecified atom stereocenters. The van der Waals surface area contributed by atoms with Crippen molar-refractivity contribution in [2.45, 2.75) is 129 Å². The molecule has 0 radical (unpaired) electrons. The second-order valence-corrected chi connectivity index (χ2v) is 36.9. The van der Waals surface area contributed by atoms with Gasteiger partial charge in [0.05, 0.1) is 33.3 Å². The van der Waals surface area contributed by atoms with Gasteiger partial charge in [-0.1, -0.05) is 81.9 Å². The number of fused-ring (bicyclic) bond motifs is 4. The first-order valence-corrected chi connectivity index (χ1v) is 47.5. The number of hydrogen-bond donors (Lipinski definition) is 7. The van der Waals surface area contributed by atoms with E-state index in [1.54, 1.807) is 6.07 Å². The van der Waals surface area contributed by atoms with Crippen molar-refractivity contribution < 1.29 is 13.7 Å². The molecule has 27 nitrogen and oxygen atoms in total. The van der Waals surface area contributed by atoms with Crippen molar-refractivity contribution in [2.75, 3.05) is 151 Å². The minimum Gasteiger partial charge on any atom is -0.399 e. The third-order valence-corrected chi connectivity index (χ3v) is 25.3. The van der Waals surface area contributed by atoms with Gasteiger partial charge < -0.3 is 73.1 Å². The number of halogens is 5. The lowest BCUT2D eigenvalue weighted by molar-refractivity contribution is 0.00578. The van der Waals surface area contributed by atoms with Crippen LogP contribution in [0.4, 0.5) is 39.3 Å². The number of benzene rings is 4. The Morgan fingerprint density at radius 1 is 0.352 bits per heavy atom. The zero-order valence-electron chi connectivity index (χ0n) is 73.7. The molecule has 9 aromatic heterocycles. The van der Waals surface area contributed by atoms with E-state index in [1.165, 1.54) is 180 Å². The van der Waals surface area contributed by atoms with Gasteiger partial charge in [-0.05, 0) is 333 Å². The molecule has 0 saturated carbocycles. The van der Waals surface area contributed by atoms with Crippen molar-refractivity contribution >= 4 is 155 Å². The number of pyridine rings is 5. The van der Waals surface area contributed by atoms with Gasteiger partial charge in [0.1, 0.15) is 60.2 Å². The Kier molecular flexibility index (Phi) is 38.0. The summed E-state index contributed by atoms with van der Waals surface area (Å²) >= 11 is 13.3. The highest BCUT2D eigenvalue weighted by atomic mass is 79.9. The van der Waals surface area contributed by atoms with Crippen molar-refractivity contribution in [3.8, 4) is 22.3 Å². The number of nitrogen functional groups attached to an aromatic ring is 4. The van der Waals surface area contributed by atoms with Crippen LogP contribution < -0.4 is 44.8 Å². The second kappa shape index (κ2) is 50.0. The van der Waals surface area contributed by atoms with Crippen LogP contribution >= 0.6 is 63.7 Å². The summed E-state index contributed by atoms with van der Waals surface area (Å²) in [6.07, 6.45) is 32.7. The molecule has 33 heteroatoms. The van der Waals surface area contributed by atoms with Gasteiger partial charge in [0.25, 0.3) is 0 Å². The molecule has 128 heavy (non-hydrogen) atoms. The summed E-state index contributed by atoms with van der Waals surface area (Å²) in [7, 11) is -0.399. The summed E-state index contributed by atoms with van der Waals surface area (Å²) in [5.41, 5.74) is 39.4. The minimum absolute atomic E-state index is 0.356. The normalized spacial score (nSPS) is 16.0. The zero-order valence-corrected chi connectivity index (χ0v) is 80.1. The van der Waals surface area contributed by atoms with Crippen LogP contribution in [0.3, 0.4) is 0 Å². The predicted molar refractivity (Wildman–Crippen MR) is 532 cm³/mol. The molecule has 4 aromatic carbocycles. The Hall–Kier alpha value is -9.62. The van der Waals surface area contributed by atoms with E-state index in [0.717, 1.165) is 173 Å². The van der Waals surface area contributed by atoms with E-state index in [2.05, 4.69) is 200 Å². The van der Waals surface area contributed by atoms with Crippen molar-refractivity contribution in [1.82, 2.24) is 89.3 Å². The van der Waals surface area contributed by atoms with Gasteiger partial charge in [-0.25, -0.2) is 54.8 Å². The van der Waals surface area contributed by atoms with Crippen LogP contribution in [-0.4, -0.2) is 225 Å². The SMILES string of the molecule is Brc1ccnc(NCCN2CCCC2)c1.Brc1ccnc(NCCN2CCCC2)c1.CC1(C)OB(c2ccc3ncnc(N)c3c2)OC1(C)C.Fc1cc(Br)ccn1.NCCN1CCCC1.Nc1ncnc2ccc(-c3ccnc(CCCN4CCCC4)c3)cc12.Nc1ncnc2ccc(-c3ccnc(CCCN4CCCC4)c3)cc12.Nc1ncnc2ccc(Br)cc12. The summed E-state index contributed by atoms with van der Waals surface area (Å²) in [4.78, 5) is 66.3. The maximum Gasteiger partial charge on any atom is 0.494 e. The summed E-state index contributed by atoms with van der Waals surface area (Å²) in [6, 6.07) is 43.1. The van der Waals surface area contributed by atoms with Crippen LogP contribution in [0.5, 0.6) is 0 Å². The third kappa shape index (κ3) is 30.5. The number of nitrogens with one attached hydrogen (secondary N) is 2. The number of nitrogens with two attached hydrogens (primary N) is 5. The Morgan fingerprint density at radius 3 is 1.05 bits per heavy atom. The van der Waals surface area contributed by atoms with Gasteiger partial charge in [0, 0.05) is 127 Å². The Morgan fingerprint density at radius 2 is 0.680 bits per heavy atom. The minimum atomic E-state index is -0.459. The van der Waals surface area contributed by atoms with E-state index < -0.39 is 13.1 Å². The predicted octanol–water partition coefficient (Wildman–Crippen LogP) is 16.8. The molecule has 6 aliphatic rings. The first kappa shape index (κ1) is 97.4. The smallest absolute Gasteiger partial charge is 0.399 e. The first-order chi connectivity index (χ1) is 62.1. The van der Waals surface area contributed by atoms with Gasteiger partial charge in [0.15, 0.2) is 0 Å². The van der Waals surface area contributed by atoms with Crippen LogP contribution in [0, 0.1) is 5.95 Å². The largest absolute Gasteiger partial charge is 0.494 e. The molecular weight excluding hydrogens is 1870 g/mol. The molecule has 6 aliphatic heterocycles. The van der Waals surface area contributed by atoms with Crippen LogP contribution in [0.15, 0.2) is 208 Å². The zero-order chi connectivity index (χ0) is 90.0. The Bertz CT molecular complexity index is 5390. The summed E-state index contributed by atoms with van der Waals surface area (Å²) < 4.78 is 27.9. The number of rotatable bonds is 21. The number of likely N-dealkylation sites (tertiary alicyclic amines) is 5. The molecule has 6 saturated heterocycles. The topological polar surface area (TPSA) is 356 Å². The van der Waals surface area contributed by atoms with Crippen LogP contribution in [0.1, 0.15) is 116 Å². The van der Waals surface area contributed by atoms with Crippen LogP contribution in [0.25, 0.3) is 65.9 Å². The molecule has 15 heterocycles. The fraction of sp³-hybridized carbons (Fsp3) is 0.400. The Balaban J connectivity index is 0.000000136. The number of anilines is 6. The van der Waals surface area contributed by atoms with Crippen LogP contribution in [0.2, 0.25) is 0 Å². The van der Waals surface area contributed by atoms with Crippen molar-refractivity contribution in [3.63, 3.8) is 0 Å². The molecular formula is C95H119BBr4FN25O2. The fourth-order valence-corrected chi connectivity index (χ4v) is 17.0. The summed E-state index contributed by atoms with van der Waals surface area (Å²) in [5.74, 6) is 3.46. The van der Waals surface area contributed by atoms with Gasteiger partial charge in [-0.2, -0.15) is 4.39 Å². The molecule has 19 rings (SSSR count).